The van der Waals surface area contributed by atoms with Crippen molar-refractivity contribution in [3.63, 3.8) is 0 Å². The van der Waals surface area contributed by atoms with Gasteiger partial charge in [-0.25, -0.2) is 0 Å². The third-order valence-corrected chi connectivity index (χ3v) is 2.36. The molecule has 0 spiro atoms. The first-order valence-electron chi connectivity index (χ1n) is 4.71. The van der Waals surface area contributed by atoms with Crippen molar-refractivity contribution in [1.29, 1.82) is 0 Å². The Bertz CT molecular complexity index is 358. The Kier molecular flexibility index (Phi) is 2.50. The molecule has 14 heavy (non-hydrogen) atoms. The van der Waals surface area contributed by atoms with Crippen molar-refractivity contribution in [1.82, 2.24) is 0 Å². The molecule has 0 bridgehead atoms. The molecule has 0 atom stereocenters. The molecule has 0 amide bonds. The second kappa shape index (κ2) is 3.80. The van der Waals surface area contributed by atoms with Gasteiger partial charge in [-0.1, -0.05) is 6.07 Å². The predicted octanol–water partition coefficient (Wildman–Crippen LogP) is 1.19. The lowest BCUT2D eigenvalue weighted by atomic mass is 10.1. The van der Waals surface area contributed by atoms with E-state index in [2.05, 4.69) is 0 Å². The van der Waals surface area contributed by atoms with Crippen molar-refractivity contribution in [2.75, 3.05) is 13.2 Å². The van der Waals surface area contributed by atoms with Crippen molar-refractivity contribution < 1.29 is 14.6 Å². The van der Waals surface area contributed by atoms with E-state index in [9.17, 15) is 4.79 Å². The second-order valence-corrected chi connectivity index (χ2v) is 3.31. The first kappa shape index (κ1) is 9.21. The maximum Gasteiger partial charge on any atom is 0.163 e. The lowest BCUT2D eigenvalue weighted by Gasteiger charge is -2.05. The number of fused-ring (bicyclic) bond motifs is 1. The summed E-state index contributed by atoms with van der Waals surface area (Å²) in [4.78, 5) is 11.4. The molecule has 0 radical (unpaired) electrons. The highest BCUT2D eigenvalue weighted by Crippen LogP contribution is 2.25. The molecule has 3 nitrogen and oxygen atoms in total. The van der Waals surface area contributed by atoms with Gasteiger partial charge in [0, 0.05) is 12.0 Å². The zero-order chi connectivity index (χ0) is 9.97. The maximum atomic E-state index is 11.4. The van der Waals surface area contributed by atoms with E-state index in [1.54, 1.807) is 6.07 Å². The Morgan fingerprint density at radius 3 is 3.00 bits per heavy atom. The largest absolute Gasteiger partial charge is 0.491 e. The number of aryl methyl sites for hydroxylation is 1. The summed E-state index contributed by atoms with van der Waals surface area (Å²) in [6.07, 6.45) is 1.45. The first-order chi connectivity index (χ1) is 6.81. The highest BCUT2D eigenvalue weighted by molar-refractivity contribution is 6.00. The molecule has 1 aromatic carbocycles. The number of Topliss-reactive ketones (excluding diaryl/α,β-unsaturated/α-hetero) is 1. The highest BCUT2D eigenvalue weighted by Gasteiger charge is 2.19. The molecule has 0 aliphatic heterocycles. The predicted molar refractivity (Wildman–Crippen MR) is 51.7 cm³/mol. The minimum absolute atomic E-state index is 0.00890. The fourth-order valence-electron chi connectivity index (χ4n) is 1.67. The summed E-state index contributed by atoms with van der Waals surface area (Å²) in [6, 6.07) is 5.53. The number of ether oxygens (including phenoxy) is 1. The van der Waals surface area contributed by atoms with Crippen LogP contribution in [0, 0.1) is 0 Å². The number of carbonyl (C=O) groups excluding carboxylic acids is 1. The van der Waals surface area contributed by atoms with Crippen LogP contribution in [-0.4, -0.2) is 24.1 Å². The Morgan fingerprint density at radius 2 is 2.21 bits per heavy atom. The summed E-state index contributed by atoms with van der Waals surface area (Å²) >= 11 is 0. The van der Waals surface area contributed by atoms with E-state index in [4.69, 9.17) is 9.84 Å². The molecular weight excluding hydrogens is 180 g/mol. The standard InChI is InChI=1S/C11H12O3/c12-5-6-14-9-3-1-8-2-4-11(13)10(8)7-9/h1,3,7,12H,2,4-6H2. The Hall–Kier alpha value is -1.35. The highest BCUT2D eigenvalue weighted by atomic mass is 16.5. The number of rotatable bonds is 3. The average molecular weight is 192 g/mol. The third kappa shape index (κ3) is 1.63. The maximum absolute atomic E-state index is 11.4. The van der Waals surface area contributed by atoms with Crippen LogP contribution in [0.3, 0.4) is 0 Å². The number of aliphatic hydroxyl groups is 1. The first-order valence-corrected chi connectivity index (χ1v) is 4.71. The van der Waals surface area contributed by atoms with Crippen LogP contribution < -0.4 is 4.74 Å². The topological polar surface area (TPSA) is 46.5 Å². The minimum Gasteiger partial charge on any atom is -0.491 e. The molecule has 0 fully saturated rings. The normalized spacial score (nSPS) is 14.2. The van der Waals surface area contributed by atoms with Gasteiger partial charge in [0.1, 0.15) is 12.4 Å². The van der Waals surface area contributed by atoms with E-state index in [0.717, 1.165) is 17.5 Å². The van der Waals surface area contributed by atoms with E-state index in [1.807, 2.05) is 12.1 Å². The van der Waals surface area contributed by atoms with E-state index in [-0.39, 0.29) is 19.0 Å². The zero-order valence-electron chi connectivity index (χ0n) is 7.82. The molecule has 1 aliphatic rings. The Morgan fingerprint density at radius 1 is 1.36 bits per heavy atom. The summed E-state index contributed by atoms with van der Waals surface area (Å²) in [5.74, 6) is 0.850. The van der Waals surface area contributed by atoms with Gasteiger partial charge in [0.15, 0.2) is 5.78 Å². The van der Waals surface area contributed by atoms with Crippen LogP contribution >= 0.6 is 0 Å². The molecular formula is C11H12O3. The van der Waals surface area contributed by atoms with Gasteiger partial charge in [-0.05, 0) is 24.1 Å². The van der Waals surface area contributed by atoms with Crippen molar-refractivity contribution in [2.45, 2.75) is 12.8 Å². The van der Waals surface area contributed by atoms with Crippen LogP contribution in [0.15, 0.2) is 18.2 Å². The molecule has 0 saturated carbocycles. The fourth-order valence-corrected chi connectivity index (χ4v) is 1.67. The van der Waals surface area contributed by atoms with Crippen LogP contribution in [0.1, 0.15) is 22.3 Å². The van der Waals surface area contributed by atoms with E-state index < -0.39 is 0 Å². The monoisotopic (exact) mass is 192 g/mol. The molecule has 0 aromatic heterocycles. The third-order valence-electron chi connectivity index (χ3n) is 2.36. The molecule has 0 heterocycles. The Balaban J connectivity index is 2.21. The SMILES string of the molecule is O=C1CCc2ccc(OCCO)cc21. The van der Waals surface area contributed by atoms with Gasteiger partial charge >= 0.3 is 0 Å². The molecule has 0 unspecified atom stereocenters. The number of benzene rings is 1. The van der Waals surface area contributed by atoms with Crippen LogP contribution in [0.2, 0.25) is 0 Å². The molecule has 3 heteroatoms. The number of aliphatic hydroxyl groups excluding tert-OH is 1. The van der Waals surface area contributed by atoms with E-state index >= 15 is 0 Å². The smallest absolute Gasteiger partial charge is 0.163 e. The lowest BCUT2D eigenvalue weighted by Crippen LogP contribution is -2.02. The van der Waals surface area contributed by atoms with Crippen molar-refractivity contribution in [3.05, 3.63) is 29.3 Å². The van der Waals surface area contributed by atoms with Gasteiger partial charge in [-0.3, -0.25) is 4.79 Å². The summed E-state index contributed by atoms with van der Waals surface area (Å²) in [7, 11) is 0. The average Bonchev–Trinajstić information content (AvgIpc) is 2.57. The molecule has 1 N–H and O–H groups in total. The van der Waals surface area contributed by atoms with Crippen LogP contribution in [-0.2, 0) is 6.42 Å². The Labute approximate surface area is 82.3 Å². The minimum atomic E-state index is -0.00890. The second-order valence-electron chi connectivity index (χ2n) is 3.31. The van der Waals surface area contributed by atoms with Crippen molar-refractivity contribution in [3.8, 4) is 5.75 Å². The summed E-state index contributed by atoms with van der Waals surface area (Å²) < 4.78 is 5.23. The molecule has 0 saturated heterocycles. The number of ketones is 1. The molecule has 1 aromatic rings. The van der Waals surface area contributed by atoms with Crippen LogP contribution in [0.25, 0.3) is 0 Å². The number of carbonyl (C=O) groups is 1. The quantitative estimate of drug-likeness (QED) is 0.782. The summed E-state index contributed by atoms with van der Waals surface area (Å²) in [6.45, 7) is 0.262. The van der Waals surface area contributed by atoms with E-state index in [1.165, 1.54) is 0 Å². The summed E-state index contributed by atoms with van der Waals surface area (Å²) in [5, 5.41) is 8.58. The molecule has 2 rings (SSSR count). The number of hydrogen-bond donors (Lipinski definition) is 1. The number of hydrogen-bond acceptors (Lipinski definition) is 3. The molecule has 1 aliphatic carbocycles. The van der Waals surface area contributed by atoms with Gasteiger partial charge in [0.2, 0.25) is 0 Å². The van der Waals surface area contributed by atoms with Crippen LogP contribution in [0.5, 0.6) is 5.75 Å². The zero-order valence-corrected chi connectivity index (χ0v) is 7.82. The van der Waals surface area contributed by atoms with E-state index in [0.29, 0.717) is 12.2 Å². The lowest BCUT2D eigenvalue weighted by molar-refractivity contribution is 0.0994. The van der Waals surface area contributed by atoms with Crippen LogP contribution in [0.4, 0.5) is 0 Å². The van der Waals surface area contributed by atoms with Gasteiger partial charge in [-0.2, -0.15) is 0 Å². The van der Waals surface area contributed by atoms with Gasteiger partial charge in [0.05, 0.1) is 6.61 Å². The van der Waals surface area contributed by atoms with Gasteiger partial charge in [0.25, 0.3) is 0 Å². The van der Waals surface area contributed by atoms with Gasteiger partial charge < -0.3 is 9.84 Å². The summed E-state index contributed by atoms with van der Waals surface area (Å²) in [5.41, 5.74) is 1.88. The molecule has 74 valence electrons. The van der Waals surface area contributed by atoms with Crippen molar-refractivity contribution in [2.24, 2.45) is 0 Å². The van der Waals surface area contributed by atoms with Gasteiger partial charge in [-0.15, -0.1) is 0 Å². The fraction of sp³-hybridized carbons (Fsp3) is 0.364. The van der Waals surface area contributed by atoms with Crippen molar-refractivity contribution >= 4 is 5.78 Å².